The first-order chi connectivity index (χ1) is 10.4. The molecule has 3 N–H and O–H groups in total. The van der Waals surface area contributed by atoms with Crippen molar-refractivity contribution in [1.29, 1.82) is 0 Å². The molecule has 0 bridgehead atoms. The van der Waals surface area contributed by atoms with Crippen LogP contribution in [0.5, 0.6) is 0 Å². The third-order valence-electron chi connectivity index (χ3n) is 2.96. The molecule has 22 heavy (non-hydrogen) atoms. The maximum atomic E-state index is 12.0. The molecule has 0 aliphatic heterocycles. The lowest BCUT2D eigenvalue weighted by Gasteiger charge is -2.10. The number of rotatable bonds is 6. The Morgan fingerprint density at radius 1 is 1.18 bits per heavy atom. The number of carbonyl (C=O) groups is 3. The number of Topliss-reactive ketones (excluding diaryl/α,β-unsaturated/α-hetero) is 1. The summed E-state index contributed by atoms with van der Waals surface area (Å²) in [4.78, 5) is 33.9. The summed E-state index contributed by atoms with van der Waals surface area (Å²) in [6.45, 7) is 5.47. The van der Waals surface area contributed by atoms with Crippen molar-refractivity contribution in [2.75, 3.05) is 7.11 Å². The minimum atomic E-state index is -1.08. The molecule has 1 aromatic carbocycles. The molecule has 0 fully saturated rings. The van der Waals surface area contributed by atoms with E-state index in [1.807, 2.05) is 13.8 Å². The van der Waals surface area contributed by atoms with Crippen molar-refractivity contribution in [3.05, 3.63) is 35.4 Å². The molecule has 0 radical (unpaired) electrons. The predicted molar refractivity (Wildman–Crippen MR) is 82.6 cm³/mol. The Labute approximate surface area is 130 Å². The summed E-state index contributed by atoms with van der Waals surface area (Å²) in [6.07, 6.45) is 0.177. The summed E-state index contributed by atoms with van der Waals surface area (Å²) in [6, 6.07) is 5.36. The van der Waals surface area contributed by atoms with Crippen LogP contribution in [0.2, 0.25) is 0 Å². The first-order valence-electron chi connectivity index (χ1n) is 7.06. The molecule has 0 spiro atoms. The molecule has 2 atom stereocenters. The maximum absolute atomic E-state index is 12.0. The van der Waals surface area contributed by atoms with E-state index in [9.17, 15) is 14.4 Å². The van der Waals surface area contributed by atoms with Crippen LogP contribution in [0.3, 0.4) is 0 Å². The third kappa shape index (κ3) is 5.65. The first-order valence-corrected chi connectivity index (χ1v) is 7.06. The van der Waals surface area contributed by atoms with Crippen LogP contribution in [0.4, 0.5) is 0 Å². The van der Waals surface area contributed by atoms with E-state index in [0.29, 0.717) is 11.1 Å². The van der Waals surface area contributed by atoms with Gasteiger partial charge in [0.1, 0.15) is 12.0 Å². The van der Waals surface area contributed by atoms with Crippen molar-refractivity contribution >= 4 is 17.7 Å². The van der Waals surface area contributed by atoms with Crippen molar-refractivity contribution in [3.63, 3.8) is 0 Å². The van der Waals surface area contributed by atoms with Crippen LogP contribution in [0.15, 0.2) is 24.3 Å². The zero-order valence-corrected chi connectivity index (χ0v) is 13.3. The predicted octanol–water partition coefficient (Wildman–Crippen LogP) is 1.66. The van der Waals surface area contributed by atoms with E-state index >= 15 is 0 Å². The highest BCUT2D eigenvalue weighted by atomic mass is 16.5. The van der Waals surface area contributed by atoms with Crippen LogP contribution in [0.25, 0.3) is 0 Å². The van der Waals surface area contributed by atoms with Gasteiger partial charge in [0.15, 0.2) is 5.78 Å². The van der Waals surface area contributed by atoms with Gasteiger partial charge in [0.25, 0.3) is 0 Å². The van der Waals surface area contributed by atoms with E-state index in [4.69, 9.17) is 10.8 Å². The number of ketones is 1. The zero-order chi connectivity index (χ0) is 17.3. The molecule has 0 amide bonds. The standard InChI is InChI=1S/C14H17NO5.C2H6/c1-8(14(19)20-2)12(16)10-5-3-9(4-6-10)7-11(15)13(17)18;1-2/h3-6,8,11H,7,15H2,1-2H3,(H,17,18);1-2H3. The van der Waals surface area contributed by atoms with E-state index in [2.05, 4.69) is 4.74 Å². The van der Waals surface area contributed by atoms with Gasteiger partial charge in [-0.1, -0.05) is 38.1 Å². The van der Waals surface area contributed by atoms with E-state index in [-0.39, 0.29) is 12.2 Å². The number of nitrogens with two attached hydrogens (primary N) is 1. The molecule has 0 saturated heterocycles. The molecule has 0 aliphatic rings. The average molecular weight is 309 g/mol. The second-order valence-corrected chi connectivity index (χ2v) is 4.45. The molecular formula is C16H23NO5. The van der Waals surface area contributed by atoms with Crippen molar-refractivity contribution in [2.45, 2.75) is 33.2 Å². The Morgan fingerprint density at radius 3 is 2.09 bits per heavy atom. The summed E-state index contributed by atoms with van der Waals surface area (Å²) in [7, 11) is 1.22. The lowest BCUT2D eigenvalue weighted by Crippen LogP contribution is -2.32. The number of esters is 1. The Bertz CT molecular complexity index is 510. The molecule has 1 rings (SSSR count). The fourth-order valence-electron chi connectivity index (χ4n) is 1.68. The summed E-state index contributed by atoms with van der Waals surface area (Å²) in [5.74, 6) is -2.88. The Kier molecular flexibility index (Phi) is 8.70. The monoisotopic (exact) mass is 309 g/mol. The third-order valence-corrected chi connectivity index (χ3v) is 2.96. The van der Waals surface area contributed by atoms with Crippen LogP contribution >= 0.6 is 0 Å². The highest BCUT2D eigenvalue weighted by molar-refractivity contribution is 6.08. The second-order valence-electron chi connectivity index (χ2n) is 4.45. The fourth-order valence-corrected chi connectivity index (χ4v) is 1.68. The van der Waals surface area contributed by atoms with Crippen molar-refractivity contribution < 1.29 is 24.2 Å². The Balaban J connectivity index is 0.00000211. The normalized spacial score (nSPS) is 12.4. The number of benzene rings is 1. The van der Waals surface area contributed by atoms with Crippen LogP contribution in [-0.4, -0.2) is 36.0 Å². The summed E-state index contributed by atoms with van der Waals surface area (Å²) in [5.41, 5.74) is 6.51. The van der Waals surface area contributed by atoms with Gasteiger partial charge in [-0.2, -0.15) is 0 Å². The number of hydrogen-bond acceptors (Lipinski definition) is 5. The minimum Gasteiger partial charge on any atom is -0.480 e. The Morgan fingerprint density at radius 2 is 1.68 bits per heavy atom. The quantitative estimate of drug-likeness (QED) is 0.470. The molecule has 6 nitrogen and oxygen atoms in total. The summed E-state index contributed by atoms with van der Waals surface area (Å²) >= 11 is 0. The number of carboxylic acid groups (broad SMARTS) is 1. The topological polar surface area (TPSA) is 107 Å². The lowest BCUT2D eigenvalue weighted by molar-refractivity contribution is -0.143. The number of carbonyl (C=O) groups excluding carboxylic acids is 2. The van der Waals surface area contributed by atoms with Gasteiger partial charge in [-0.25, -0.2) is 0 Å². The van der Waals surface area contributed by atoms with Gasteiger partial charge in [-0.15, -0.1) is 0 Å². The summed E-state index contributed by atoms with van der Waals surface area (Å²) in [5, 5.41) is 8.72. The fraction of sp³-hybridized carbons (Fsp3) is 0.438. The van der Waals surface area contributed by atoms with Crippen molar-refractivity contribution in [2.24, 2.45) is 11.7 Å². The average Bonchev–Trinajstić information content (AvgIpc) is 2.55. The molecule has 2 unspecified atom stereocenters. The molecule has 6 heteroatoms. The molecular weight excluding hydrogens is 286 g/mol. The largest absolute Gasteiger partial charge is 0.480 e. The smallest absolute Gasteiger partial charge is 0.320 e. The van der Waals surface area contributed by atoms with Gasteiger partial charge in [0.05, 0.1) is 7.11 Å². The molecule has 0 saturated carbocycles. The molecule has 0 heterocycles. The number of carboxylic acids is 1. The van der Waals surface area contributed by atoms with Gasteiger partial charge < -0.3 is 15.6 Å². The van der Waals surface area contributed by atoms with Crippen LogP contribution in [0, 0.1) is 5.92 Å². The highest BCUT2D eigenvalue weighted by Gasteiger charge is 2.23. The lowest BCUT2D eigenvalue weighted by atomic mass is 9.97. The van der Waals surface area contributed by atoms with Gasteiger partial charge >= 0.3 is 11.9 Å². The maximum Gasteiger partial charge on any atom is 0.320 e. The van der Waals surface area contributed by atoms with E-state index in [1.165, 1.54) is 14.0 Å². The summed E-state index contributed by atoms with van der Waals surface area (Å²) < 4.78 is 4.52. The zero-order valence-electron chi connectivity index (χ0n) is 13.3. The molecule has 122 valence electrons. The number of hydrogen-bond donors (Lipinski definition) is 2. The van der Waals surface area contributed by atoms with Crippen LogP contribution in [0.1, 0.15) is 36.7 Å². The van der Waals surface area contributed by atoms with Gasteiger partial charge in [-0.05, 0) is 18.9 Å². The van der Waals surface area contributed by atoms with E-state index in [1.54, 1.807) is 24.3 Å². The van der Waals surface area contributed by atoms with Crippen molar-refractivity contribution in [1.82, 2.24) is 0 Å². The molecule has 0 aromatic heterocycles. The minimum absolute atomic E-state index is 0.177. The number of methoxy groups -OCH3 is 1. The Hall–Kier alpha value is -2.21. The second kappa shape index (κ2) is 9.68. The van der Waals surface area contributed by atoms with E-state index in [0.717, 1.165) is 0 Å². The first kappa shape index (κ1) is 19.8. The van der Waals surface area contributed by atoms with E-state index < -0.39 is 23.9 Å². The van der Waals surface area contributed by atoms with Gasteiger partial charge in [-0.3, -0.25) is 14.4 Å². The van der Waals surface area contributed by atoms with Gasteiger partial charge in [0.2, 0.25) is 0 Å². The number of ether oxygens (including phenoxy) is 1. The van der Waals surface area contributed by atoms with Crippen molar-refractivity contribution in [3.8, 4) is 0 Å². The van der Waals surface area contributed by atoms with Crippen LogP contribution < -0.4 is 5.73 Å². The van der Waals surface area contributed by atoms with Gasteiger partial charge in [0, 0.05) is 5.56 Å². The highest BCUT2D eigenvalue weighted by Crippen LogP contribution is 2.12. The number of aliphatic carboxylic acids is 1. The van der Waals surface area contributed by atoms with Crippen LogP contribution in [-0.2, 0) is 20.7 Å². The molecule has 1 aromatic rings. The SMILES string of the molecule is CC.COC(=O)C(C)C(=O)c1ccc(CC(N)C(=O)O)cc1. The molecule has 0 aliphatic carbocycles.